The predicted molar refractivity (Wildman–Crippen MR) is 88.1 cm³/mol. The summed E-state index contributed by atoms with van der Waals surface area (Å²) < 4.78 is 0. The zero-order valence-corrected chi connectivity index (χ0v) is 12.8. The zero-order valence-electron chi connectivity index (χ0n) is 12.8. The van der Waals surface area contributed by atoms with E-state index in [0.717, 1.165) is 24.2 Å². The van der Waals surface area contributed by atoms with Gasteiger partial charge in [0.15, 0.2) is 0 Å². The summed E-state index contributed by atoms with van der Waals surface area (Å²) in [7, 11) is 0. The van der Waals surface area contributed by atoms with E-state index >= 15 is 0 Å². The minimum Gasteiger partial charge on any atom is -0.381 e. The van der Waals surface area contributed by atoms with Crippen LogP contribution in [0.25, 0.3) is 0 Å². The molecule has 2 nitrogen and oxygen atoms in total. The van der Waals surface area contributed by atoms with E-state index in [-0.39, 0.29) is 0 Å². The Bertz CT molecular complexity index is 589. The lowest BCUT2D eigenvalue weighted by molar-refractivity contribution is 0.647. The third kappa shape index (κ3) is 4.96. The second-order valence-electron chi connectivity index (χ2n) is 5.80. The lowest BCUT2D eigenvalue weighted by Gasteiger charge is -2.09. The Labute approximate surface area is 127 Å². The van der Waals surface area contributed by atoms with Gasteiger partial charge in [-0.15, -0.1) is 0 Å². The highest BCUT2D eigenvalue weighted by Gasteiger charge is 1.99. The van der Waals surface area contributed by atoms with E-state index < -0.39 is 0 Å². The van der Waals surface area contributed by atoms with Crippen molar-refractivity contribution in [2.45, 2.75) is 33.2 Å². The molecule has 2 heteroatoms. The molecule has 0 atom stereocenters. The molecule has 1 N–H and O–H groups in total. The van der Waals surface area contributed by atoms with Crippen LogP contribution in [0.2, 0.25) is 0 Å². The molecule has 2 aromatic carbocycles. The standard InChI is InChI=1S/C19H22N2/c1-15(2)13-17-3-5-18(6-4-17)14-21-19-9-7-16(8-10-19)11-12-20/h3-10,15,21H,11,13-14H2,1-2H3. The van der Waals surface area contributed by atoms with Gasteiger partial charge in [0.1, 0.15) is 0 Å². The lowest BCUT2D eigenvalue weighted by atomic mass is 10.0. The quantitative estimate of drug-likeness (QED) is 0.840. The first kappa shape index (κ1) is 15.1. The molecule has 0 spiro atoms. The maximum Gasteiger partial charge on any atom is 0.0669 e. The van der Waals surface area contributed by atoms with Gasteiger partial charge in [0, 0.05) is 12.2 Å². The molecule has 0 aliphatic carbocycles. The topological polar surface area (TPSA) is 35.8 Å². The number of benzene rings is 2. The van der Waals surface area contributed by atoms with Crippen LogP contribution < -0.4 is 5.32 Å². The number of anilines is 1. The van der Waals surface area contributed by atoms with Gasteiger partial charge in [0.05, 0.1) is 12.5 Å². The summed E-state index contributed by atoms with van der Waals surface area (Å²) >= 11 is 0. The van der Waals surface area contributed by atoms with Crippen LogP contribution >= 0.6 is 0 Å². The van der Waals surface area contributed by atoms with Crippen LogP contribution in [0.4, 0.5) is 5.69 Å². The number of hydrogen-bond acceptors (Lipinski definition) is 2. The molecule has 0 bridgehead atoms. The van der Waals surface area contributed by atoms with Gasteiger partial charge >= 0.3 is 0 Å². The van der Waals surface area contributed by atoms with Crippen LogP contribution in [-0.4, -0.2) is 0 Å². The predicted octanol–water partition coefficient (Wildman–Crippen LogP) is 4.56. The van der Waals surface area contributed by atoms with Crippen LogP contribution in [0.1, 0.15) is 30.5 Å². The molecular weight excluding hydrogens is 256 g/mol. The Balaban J connectivity index is 1.89. The number of nitrogens with one attached hydrogen (secondary N) is 1. The van der Waals surface area contributed by atoms with Crippen molar-refractivity contribution in [3.8, 4) is 6.07 Å². The molecule has 0 unspecified atom stereocenters. The van der Waals surface area contributed by atoms with Crippen LogP contribution in [-0.2, 0) is 19.4 Å². The van der Waals surface area contributed by atoms with Gasteiger partial charge in [-0.2, -0.15) is 5.26 Å². The molecule has 0 saturated carbocycles. The van der Waals surface area contributed by atoms with E-state index in [4.69, 9.17) is 5.26 Å². The molecule has 2 rings (SSSR count). The van der Waals surface area contributed by atoms with Crippen molar-refractivity contribution in [3.63, 3.8) is 0 Å². The average Bonchev–Trinajstić information content (AvgIpc) is 2.48. The highest BCUT2D eigenvalue weighted by molar-refractivity contribution is 5.45. The Hall–Kier alpha value is -2.27. The summed E-state index contributed by atoms with van der Waals surface area (Å²) in [4.78, 5) is 0. The first-order valence-electron chi connectivity index (χ1n) is 7.45. The van der Waals surface area contributed by atoms with Crippen molar-refractivity contribution in [2.24, 2.45) is 5.92 Å². The van der Waals surface area contributed by atoms with Crippen molar-refractivity contribution < 1.29 is 0 Å². The number of rotatable bonds is 6. The van der Waals surface area contributed by atoms with E-state index in [1.165, 1.54) is 11.1 Å². The molecule has 0 fully saturated rings. The Morgan fingerprint density at radius 3 is 2.05 bits per heavy atom. The van der Waals surface area contributed by atoms with Gasteiger partial charge in [-0.3, -0.25) is 0 Å². The van der Waals surface area contributed by atoms with Crippen LogP contribution in [0, 0.1) is 17.2 Å². The number of nitriles is 1. The fraction of sp³-hybridized carbons (Fsp3) is 0.316. The van der Waals surface area contributed by atoms with Crippen LogP contribution in [0.5, 0.6) is 0 Å². The number of nitrogens with zero attached hydrogens (tertiary/aromatic N) is 1. The maximum atomic E-state index is 8.65. The maximum absolute atomic E-state index is 8.65. The Kier molecular flexibility index (Phi) is 5.40. The van der Waals surface area contributed by atoms with Crippen molar-refractivity contribution in [2.75, 3.05) is 5.32 Å². The summed E-state index contributed by atoms with van der Waals surface area (Å²) in [6.45, 7) is 5.30. The van der Waals surface area contributed by atoms with E-state index in [0.29, 0.717) is 12.3 Å². The highest BCUT2D eigenvalue weighted by atomic mass is 14.9. The lowest BCUT2D eigenvalue weighted by Crippen LogP contribution is -2.00. The molecule has 21 heavy (non-hydrogen) atoms. The molecule has 108 valence electrons. The number of hydrogen-bond donors (Lipinski definition) is 1. The monoisotopic (exact) mass is 278 g/mol. The molecule has 0 saturated heterocycles. The minimum absolute atomic E-state index is 0.470. The van der Waals surface area contributed by atoms with Gasteiger partial charge < -0.3 is 5.32 Å². The molecule has 0 aliphatic rings. The van der Waals surface area contributed by atoms with Gasteiger partial charge in [-0.05, 0) is 41.2 Å². The van der Waals surface area contributed by atoms with Gasteiger partial charge in [-0.1, -0.05) is 50.2 Å². The van der Waals surface area contributed by atoms with Gasteiger partial charge in [0.25, 0.3) is 0 Å². The Morgan fingerprint density at radius 2 is 1.48 bits per heavy atom. The fourth-order valence-corrected chi connectivity index (χ4v) is 2.30. The largest absolute Gasteiger partial charge is 0.381 e. The summed E-state index contributed by atoms with van der Waals surface area (Å²) in [6, 6.07) is 19.0. The second-order valence-corrected chi connectivity index (χ2v) is 5.80. The molecule has 0 amide bonds. The van der Waals surface area contributed by atoms with E-state index in [9.17, 15) is 0 Å². The second kappa shape index (κ2) is 7.50. The van der Waals surface area contributed by atoms with Crippen molar-refractivity contribution in [3.05, 3.63) is 65.2 Å². The smallest absolute Gasteiger partial charge is 0.0669 e. The van der Waals surface area contributed by atoms with Crippen molar-refractivity contribution in [1.29, 1.82) is 5.26 Å². The summed E-state index contributed by atoms with van der Waals surface area (Å²) in [5, 5.41) is 12.1. The molecule has 0 aromatic heterocycles. The Morgan fingerprint density at radius 1 is 0.905 bits per heavy atom. The SMILES string of the molecule is CC(C)Cc1ccc(CNc2ccc(CC#N)cc2)cc1. The third-order valence-electron chi connectivity index (χ3n) is 3.40. The average molecular weight is 278 g/mol. The van der Waals surface area contributed by atoms with Crippen molar-refractivity contribution in [1.82, 2.24) is 0 Å². The van der Waals surface area contributed by atoms with Crippen LogP contribution in [0.15, 0.2) is 48.5 Å². The first-order valence-corrected chi connectivity index (χ1v) is 7.45. The minimum atomic E-state index is 0.470. The third-order valence-corrected chi connectivity index (χ3v) is 3.40. The highest BCUT2D eigenvalue weighted by Crippen LogP contribution is 2.13. The van der Waals surface area contributed by atoms with Gasteiger partial charge in [-0.25, -0.2) is 0 Å². The summed E-state index contributed by atoms with van der Waals surface area (Å²) in [5.74, 6) is 0.695. The fourth-order valence-electron chi connectivity index (χ4n) is 2.30. The van der Waals surface area contributed by atoms with Crippen molar-refractivity contribution >= 4 is 5.69 Å². The molecule has 0 radical (unpaired) electrons. The van der Waals surface area contributed by atoms with Crippen LogP contribution in [0.3, 0.4) is 0 Å². The van der Waals surface area contributed by atoms with E-state index in [1.807, 2.05) is 24.3 Å². The van der Waals surface area contributed by atoms with E-state index in [1.54, 1.807) is 0 Å². The summed E-state index contributed by atoms with van der Waals surface area (Å²) in [6.07, 6.45) is 1.60. The normalized spacial score (nSPS) is 10.4. The molecule has 0 aliphatic heterocycles. The van der Waals surface area contributed by atoms with Gasteiger partial charge in [0.2, 0.25) is 0 Å². The van der Waals surface area contributed by atoms with E-state index in [2.05, 4.69) is 49.5 Å². The zero-order chi connectivity index (χ0) is 15.1. The molecule has 0 heterocycles. The molecule has 2 aromatic rings. The first-order chi connectivity index (χ1) is 10.2. The summed E-state index contributed by atoms with van der Waals surface area (Å²) in [5.41, 5.74) is 4.82. The molecular formula is C19H22N2.